The van der Waals surface area contributed by atoms with Crippen molar-refractivity contribution in [2.24, 2.45) is 5.73 Å². The number of halogens is 1. The van der Waals surface area contributed by atoms with E-state index in [2.05, 4.69) is 4.74 Å². The van der Waals surface area contributed by atoms with Gasteiger partial charge in [0.05, 0.1) is 25.3 Å². The Morgan fingerprint density at radius 1 is 1.47 bits per heavy atom. The molecule has 0 unspecified atom stereocenters. The summed E-state index contributed by atoms with van der Waals surface area (Å²) in [5, 5.41) is 8.80. The number of esters is 1. The molecule has 0 saturated heterocycles. The quantitative estimate of drug-likeness (QED) is 0.758. The van der Waals surface area contributed by atoms with Crippen molar-refractivity contribution in [3.05, 3.63) is 35.4 Å². The number of ether oxygens (including phenoxy) is 1. The molecule has 0 aliphatic carbocycles. The molecule has 0 fully saturated rings. The first-order valence-corrected chi connectivity index (χ1v) is 4.23. The van der Waals surface area contributed by atoms with Gasteiger partial charge in [0.25, 0.3) is 0 Å². The molecular weight excluding hydrogens is 218 g/mol. The molecule has 1 aromatic rings. The summed E-state index contributed by atoms with van der Waals surface area (Å²) in [4.78, 5) is 11.1. The molecule has 84 valence electrons. The molecule has 0 heterocycles. The van der Waals surface area contributed by atoms with Gasteiger partial charge in [-0.25, -0.2) is 4.79 Å². The van der Waals surface area contributed by atoms with E-state index in [0.29, 0.717) is 5.56 Å². The largest absolute Gasteiger partial charge is 0.465 e. The van der Waals surface area contributed by atoms with Crippen LogP contribution in [0.15, 0.2) is 24.3 Å². The second-order valence-electron chi connectivity index (χ2n) is 2.90. The fourth-order valence-electron chi connectivity index (χ4n) is 1.09. The smallest absolute Gasteiger partial charge is 0.337 e. The van der Waals surface area contributed by atoms with Crippen LogP contribution in [0, 0.1) is 0 Å². The van der Waals surface area contributed by atoms with E-state index in [1.54, 1.807) is 24.3 Å². The molecule has 4 nitrogen and oxygen atoms in total. The number of aliphatic hydroxyl groups is 1. The first kappa shape index (κ1) is 13.9. The van der Waals surface area contributed by atoms with Gasteiger partial charge >= 0.3 is 5.97 Å². The van der Waals surface area contributed by atoms with Crippen LogP contribution in [0.5, 0.6) is 0 Å². The van der Waals surface area contributed by atoms with Gasteiger partial charge in [0.15, 0.2) is 0 Å². The normalized spacial score (nSPS) is 11.4. The highest BCUT2D eigenvalue weighted by Gasteiger charge is 2.07. The van der Waals surface area contributed by atoms with Gasteiger partial charge in [-0.3, -0.25) is 0 Å². The van der Waals surface area contributed by atoms with E-state index in [1.807, 2.05) is 0 Å². The first-order valence-electron chi connectivity index (χ1n) is 4.23. The summed E-state index contributed by atoms with van der Waals surface area (Å²) in [5.74, 6) is -0.380. The number of hydrogen-bond donors (Lipinski definition) is 2. The lowest BCUT2D eigenvalue weighted by Crippen LogP contribution is -2.14. The molecule has 3 N–H and O–H groups in total. The Kier molecular flexibility index (Phi) is 5.93. The van der Waals surface area contributed by atoms with Crippen LogP contribution in [0.2, 0.25) is 0 Å². The monoisotopic (exact) mass is 231 g/mol. The predicted molar refractivity (Wildman–Crippen MR) is 59.0 cm³/mol. The van der Waals surface area contributed by atoms with Crippen LogP contribution in [0.25, 0.3) is 0 Å². The number of carbonyl (C=O) groups is 1. The molecule has 1 aromatic carbocycles. The van der Waals surface area contributed by atoms with Crippen LogP contribution in [0.1, 0.15) is 22.0 Å². The number of carbonyl (C=O) groups excluding carboxylic acids is 1. The van der Waals surface area contributed by atoms with Gasteiger partial charge in [0.1, 0.15) is 0 Å². The summed E-state index contributed by atoms with van der Waals surface area (Å²) in [5.41, 5.74) is 6.85. The van der Waals surface area contributed by atoms with Crippen molar-refractivity contribution < 1.29 is 14.6 Å². The molecule has 0 aliphatic rings. The molecule has 0 aromatic heterocycles. The van der Waals surface area contributed by atoms with Gasteiger partial charge in [0, 0.05) is 0 Å². The lowest BCUT2D eigenvalue weighted by molar-refractivity contribution is 0.0600. The summed E-state index contributed by atoms with van der Waals surface area (Å²) in [6, 6.07) is 6.25. The molecule has 0 saturated carbocycles. The van der Waals surface area contributed by atoms with Crippen molar-refractivity contribution >= 4 is 18.4 Å². The molecule has 0 spiro atoms. The number of benzene rings is 1. The van der Waals surface area contributed by atoms with E-state index in [-0.39, 0.29) is 25.0 Å². The van der Waals surface area contributed by atoms with Crippen molar-refractivity contribution in [3.8, 4) is 0 Å². The van der Waals surface area contributed by atoms with Crippen molar-refractivity contribution in [3.63, 3.8) is 0 Å². The minimum atomic E-state index is -0.401. The Morgan fingerprint density at radius 3 is 2.40 bits per heavy atom. The predicted octanol–water partition coefficient (Wildman–Crippen LogP) is 0.887. The topological polar surface area (TPSA) is 72.5 Å². The van der Waals surface area contributed by atoms with E-state index in [9.17, 15) is 4.79 Å². The number of methoxy groups -OCH3 is 1. The summed E-state index contributed by atoms with van der Waals surface area (Å²) < 4.78 is 4.54. The van der Waals surface area contributed by atoms with Crippen LogP contribution in [-0.2, 0) is 4.74 Å². The summed E-state index contributed by atoms with van der Waals surface area (Å²) in [6.45, 7) is -0.114. The third kappa shape index (κ3) is 3.51. The minimum absolute atomic E-state index is 0. The third-order valence-corrected chi connectivity index (χ3v) is 1.96. The fourth-order valence-corrected chi connectivity index (χ4v) is 1.09. The Hall–Kier alpha value is -1.10. The van der Waals surface area contributed by atoms with E-state index in [1.165, 1.54) is 7.11 Å². The zero-order valence-electron chi connectivity index (χ0n) is 8.34. The second-order valence-corrected chi connectivity index (χ2v) is 2.90. The third-order valence-electron chi connectivity index (χ3n) is 1.96. The zero-order chi connectivity index (χ0) is 10.6. The van der Waals surface area contributed by atoms with Crippen molar-refractivity contribution in [2.75, 3.05) is 13.7 Å². The van der Waals surface area contributed by atoms with Gasteiger partial charge in [-0.2, -0.15) is 0 Å². The van der Waals surface area contributed by atoms with E-state index in [4.69, 9.17) is 10.8 Å². The molecule has 0 amide bonds. The molecule has 1 atom stereocenters. The average Bonchev–Trinajstić information content (AvgIpc) is 2.27. The van der Waals surface area contributed by atoms with Gasteiger partial charge in [-0.05, 0) is 17.7 Å². The minimum Gasteiger partial charge on any atom is -0.465 e. The Labute approximate surface area is 94.5 Å². The van der Waals surface area contributed by atoms with Gasteiger partial charge in [-0.1, -0.05) is 12.1 Å². The summed E-state index contributed by atoms with van der Waals surface area (Å²) in [7, 11) is 1.33. The molecule has 0 aliphatic heterocycles. The zero-order valence-corrected chi connectivity index (χ0v) is 9.16. The van der Waals surface area contributed by atoms with Crippen LogP contribution in [0.4, 0.5) is 0 Å². The number of hydrogen-bond acceptors (Lipinski definition) is 4. The van der Waals surface area contributed by atoms with Crippen molar-refractivity contribution in [2.45, 2.75) is 6.04 Å². The molecule has 15 heavy (non-hydrogen) atoms. The molecule has 0 bridgehead atoms. The van der Waals surface area contributed by atoms with Crippen molar-refractivity contribution in [1.82, 2.24) is 0 Å². The number of rotatable bonds is 3. The molecule has 1 rings (SSSR count). The van der Waals surface area contributed by atoms with E-state index in [0.717, 1.165) is 5.56 Å². The Morgan fingerprint density at radius 2 is 2.00 bits per heavy atom. The maximum Gasteiger partial charge on any atom is 0.337 e. The maximum atomic E-state index is 11.1. The van der Waals surface area contributed by atoms with Crippen LogP contribution < -0.4 is 5.73 Å². The Bertz CT molecular complexity index is 313. The van der Waals surface area contributed by atoms with Crippen LogP contribution in [-0.4, -0.2) is 24.8 Å². The molecule has 5 heteroatoms. The van der Waals surface area contributed by atoms with Gasteiger partial charge < -0.3 is 15.6 Å². The molecular formula is C10H14ClNO3. The van der Waals surface area contributed by atoms with Crippen LogP contribution >= 0.6 is 12.4 Å². The standard InChI is InChI=1S/C10H13NO3.ClH/c1-14-10(13)8-4-2-7(3-5-8)9(11)6-12;/h2-5,9,12H,6,11H2,1H3;1H/t9-;/m1./s1. The average molecular weight is 232 g/mol. The van der Waals surface area contributed by atoms with Gasteiger partial charge in [0.2, 0.25) is 0 Å². The maximum absolute atomic E-state index is 11.1. The molecule has 0 radical (unpaired) electrons. The highest BCUT2D eigenvalue weighted by molar-refractivity contribution is 5.89. The highest BCUT2D eigenvalue weighted by Crippen LogP contribution is 2.11. The van der Waals surface area contributed by atoms with E-state index >= 15 is 0 Å². The second kappa shape index (κ2) is 6.40. The lowest BCUT2D eigenvalue weighted by atomic mass is 10.1. The Balaban J connectivity index is 0.00000196. The van der Waals surface area contributed by atoms with Crippen LogP contribution in [0.3, 0.4) is 0 Å². The van der Waals surface area contributed by atoms with Crippen molar-refractivity contribution in [1.29, 1.82) is 0 Å². The summed E-state index contributed by atoms with van der Waals surface area (Å²) in [6.07, 6.45) is 0. The van der Waals surface area contributed by atoms with Gasteiger partial charge in [-0.15, -0.1) is 12.4 Å². The fraction of sp³-hybridized carbons (Fsp3) is 0.300. The summed E-state index contributed by atoms with van der Waals surface area (Å²) >= 11 is 0. The highest BCUT2D eigenvalue weighted by atomic mass is 35.5. The lowest BCUT2D eigenvalue weighted by Gasteiger charge is -2.08. The number of nitrogens with two attached hydrogens (primary N) is 1. The SMILES string of the molecule is COC(=O)c1ccc([C@H](N)CO)cc1.Cl. The first-order chi connectivity index (χ1) is 6.69. The number of aliphatic hydroxyl groups excluding tert-OH is 1. The van der Waals surface area contributed by atoms with E-state index < -0.39 is 6.04 Å².